The Bertz CT molecular complexity index is 336. The monoisotopic (exact) mass is 242 g/mol. The molecule has 4 nitrogen and oxygen atoms in total. The van der Waals surface area contributed by atoms with E-state index in [0.29, 0.717) is 19.6 Å². The number of nitrogens with one attached hydrogen (secondary N) is 1. The summed E-state index contributed by atoms with van der Waals surface area (Å²) >= 11 is 0. The van der Waals surface area contributed by atoms with Gasteiger partial charge in [-0.3, -0.25) is 4.98 Å². The Labute approximate surface area is 101 Å². The van der Waals surface area contributed by atoms with Crippen molar-refractivity contribution in [3.63, 3.8) is 0 Å². The van der Waals surface area contributed by atoms with Crippen molar-refractivity contribution in [3.05, 3.63) is 29.8 Å². The molecule has 0 aliphatic heterocycles. The molecule has 0 amide bonds. The zero-order chi connectivity index (χ0) is 12.7. The summed E-state index contributed by atoms with van der Waals surface area (Å²) in [5.74, 6) is -0.337. The summed E-state index contributed by atoms with van der Waals surface area (Å²) < 4.78 is 17.8. The number of aliphatic hydroxyl groups excluding tert-OH is 1. The second kappa shape index (κ2) is 7.32. The third-order valence-electron chi connectivity index (χ3n) is 2.51. The van der Waals surface area contributed by atoms with Crippen LogP contribution in [0.4, 0.5) is 4.39 Å². The van der Waals surface area contributed by atoms with Crippen molar-refractivity contribution in [2.24, 2.45) is 0 Å². The van der Waals surface area contributed by atoms with Gasteiger partial charge in [0, 0.05) is 19.3 Å². The normalized spacial score (nSPS) is 14.6. The fourth-order valence-electron chi connectivity index (χ4n) is 1.53. The Morgan fingerprint density at radius 3 is 2.94 bits per heavy atom. The number of methoxy groups -OCH3 is 1. The van der Waals surface area contributed by atoms with Crippen molar-refractivity contribution < 1.29 is 14.2 Å². The molecule has 0 aromatic carbocycles. The minimum atomic E-state index is -0.467. The zero-order valence-corrected chi connectivity index (χ0v) is 10.2. The predicted octanol–water partition coefficient (Wildman–Crippen LogP) is 1.27. The summed E-state index contributed by atoms with van der Waals surface area (Å²) in [7, 11) is 1.55. The highest BCUT2D eigenvalue weighted by atomic mass is 19.1. The van der Waals surface area contributed by atoms with Gasteiger partial charge in [-0.1, -0.05) is 0 Å². The van der Waals surface area contributed by atoms with E-state index in [0.717, 1.165) is 5.56 Å². The van der Waals surface area contributed by atoms with Crippen LogP contribution in [-0.2, 0) is 4.74 Å². The number of aliphatic hydroxyl groups is 1. The first-order valence-corrected chi connectivity index (χ1v) is 5.64. The van der Waals surface area contributed by atoms with E-state index in [1.807, 2.05) is 6.92 Å². The molecule has 1 heterocycles. The van der Waals surface area contributed by atoms with Crippen LogP contribution in [0.3, 0.4) is 0 Å². The summed E-state index contributed by atoms with van der Waals surface area (Å²) in [5.41, 5.74) is 0.797. The van der Waals surface area contributed by atoms with Crippen molar-refractivity contribution in [2.45, 2.75) is 25.5 Å². The number of rotatable bonds is 7. The first-order valence-electron chi connectivity index (χ1n) is 5.64. The largest absolute Gasteiger partial charge is 0.391 e. The maximum absolute atomic E-state index is 12.9. The fraction of sp³-hybridized carbons (Fsp3) is 0.583. The molecule has 5 heteroatoms. The van der Waals surface area contributed by atoms with Gasteiger partial charge in [0.05, 0.1) is 18.9 Å². The second-order valence-electron chi connectivity index (χ2n) is 4.01. The molecule has 17 heavy (non-hydrogen) atoms. The topological polar surface area (TPSA) is 54.4 Å². The van der Waals surface area contributed by atoms with Crippen molar-refractivity contribution in [1.29, 1.82) is 0 Å². The van der Waals surface area contributed by atoms with Gasteiger partial charge >= 0.3 is 0 Å². The maximum atomic E-state index is 12.9. The van der Waals surface area contributed by atoms with E-state index in [2.05, 4.69) is 10.3 Å². The van der Waals surface area contributed by atoms with Crippen LogP contribution in [0.5, 0.6) is 0 Å². The summed E-state index contributed by atoms with van der Waals surface area (Å²) in [6.45, 7) is 2.90. The number of halogens is 1. The lowest BCUT2D eigenvalue weighted by molar-refractivity contribution is 0.0590. The molecule has 0 fully saturated rings. The summed E-state index contributed by atoms with van der Waals surface area (Å²) in [6.07, 6.45) is 2.94. The lowest BCUT2D eigenvalue weighted by atomic mass is 10.1. The average molecular weight is 242 g/mol. The van der Waals surface area contributed by atoms with E-state index < -0.39 is 6.10 Å². The number of hydrogen-bond acceptors (Lipinski definition) is 4. The third-order valence-corrected chi connectivity index (χ3v) is 2.51. The van der Waals surface area contributed by atoms with Crippen molar-refractivity contribution in [2.75, 3.05) is 20.3 Å². The molecule has 2 unspecified atom stereocenters. The summed E-state index contributed by atoms with van der Waals surface area (Å²) in [6, 6.07) is 1.46. The molecule has 96 valence electrons. The molecule has 2 N–H and O–H groups in total. The van der Waals surface area contributed by atoms with E-state index in [9.17, 15) is 9.50 Å². The smallest absolute Gasteiger partial charge is 0.141 e. The molecular formula is C12H19FN2O2. The maximum Gasteiger partial charge on any atom is 0.141 e. The number of nitrogens with zero attached hydrogens (tertiary/aromatic N) is 1. The Kier molecular flexibility index (Phi) is 6.04. The van der Waals surface area contributed by atoms with Gasteiger partial charge in [0.2, 0.25) is 0 Å². The molecule has 0 bridgehead atoms. The van der Waals surface area contributed by atoms with Crippen molar-refractivity contribution in [1.82, 2.24) is 10.3 Å². The van der Waals surface area contributed by atoms with Gasteiger partial charge in [-0.2, -0.15) is 0 Å². The summed E-state index contributed by atoms with van der Waals surface area (Å²) in [5, 5.41) is 12.6. The van der Waals surface area contributed by atoms with E-state index in [1.54, 1.807) is 13.3 Å². The van der Waals surface area contributed by atoms with Crippen LogP contribution in [0.25, 0.3) is 0 Å². The van der Waals surface area contributed by atoms with Crippen LogP contribution in [0.1, 0.15) is 24.9 Å². The van der Waals surface area contributed by atoms with Crippen LogP contribution >= 0.6 is 0 Å². The Morgan fingerprint density at radius 2 is 2.29 bits per heavy atom. The molecular weight excluding hydrogens is 223 g/mol. The van der Waals surface area contributed by atoms with Crippen LogP contribution in [0, 0.1) is 5.82 Å². The highest BCUT2D eigenvalue weighted by molar-refractivity contribution is 5.14. The van der Waals surface area contributed by atoms with Gasteiger partial charge in [-0.25, -0.2) is 4.39 Å². The third kappa shape index (κ3) is 5.21. The molecule has 0 saturated carbocycles. The van der Waals surface area contributed by atoms with Crippen molar-refractivity contribution >= 4 is 0 Å². The molecule has 0 saturated heterocycles. The minimum absolute atomic E-state index is 0.00736. The summed E-state index contributed by atoms with van der Waals surface area (Å²) in [4.78, 5) is 3.79. The van der Waals surface area contributed by atoms with Crippen LogP contribution in [-0.4, -0.2) is 36.5 Å². The SMILES string of the molecule is COCC(O)CCNC(C)c1cncc(F)c1. The van der Waals surface area contributed by atoms with E-state index in [4.69, 9.17) is 4.74 Å². The van der Waals surface area contributed by atoms with Crippen LogP contribution in [0.2, 0.25) is 0 Å². The second-order valence-corrected chi connectivity index (χ2v) is 4.01. The van der Waals surface area contributed by atoms with Gasteiger partial charge in [-0.15, -0.1) is 0 Å². The van der Waals surface area contributed by atoms with Gasteiger partial charge in [-0.05, 0) is 31.5 Å². The van der Waals surface area contributed by atoms with Gasteiger partial charge in [0.15, 0.2) is 0 Å². The lowest BCUT2D eigenvalue weighted by Crippen LogP contribution is -2.25. The molecule has 1 aromatic rings. The molecule has 1 rings (SSSR count). The van der Waals surface area contributed by atoms with E-state index in [1.165, 1.54) is 12.3 Å². The first kappa shape index (κ1) is 14.0. The highest BCUT2D eigenvalue weighted by Gasteiger charge is 2.08. The average Bonchev–Trinajstić information content (AvgIpc) is 2.29. The highest BCUT2D eigenvalue weighted by Crippen LogP contribution is 2.11. The standard InChI is InChI=1S/C12H19FN2O2/c1-9(10-5-11(13)7-14-6-10)15-4-3-12(16)8-17-2/h5-7,9,12,15-16H,3-4,8H2,1-2H3. The molecule has 0 radical (unpaired) electrons. The van der Waals surface area contributed by atoms with E-state index in [-0.39, 0.29) is 11.9 Å². The van der Waals surface area contributed by atoms with Crippen LogP contribution < -0.4 is 5.32 Å². The first-order chi connectivity index (χ1) is 8.13. The van der Waals surface area contributed by atoms with Gasteiger partial charge < -0.3 is 15.2 Å². The van der Waals surface area contributed by atoms with Crippen LogP contribution in [0.15, 0.2) is 18.5 Å². The van der Waals surface area contributed by atoms with E-state index >= 15 is 0 Å². The number of hydrogen-bond donors (Lipinski definition) is 2. The molecule has 2 atom stereocenters. The molecule has 0 spiro atoms. The predicted molar refractivity (Wildman–Crippen MR) is 63.1 cm³/mol. The number of pyridine rings is 1. The number of aromatic nitrogens is 1. The molecule has 0 aliphatic carbocycles. The Morgan fingerprint density at radius 1 is 1.53 bits per heavy atom. The van der Waals surface area contributed by atoms with Gasteiger partial charge in [0.25, 0.3) is 0 Å². The van der Waals surface area contributed by atoms with Crippen molar-refractivity contribution in [3.8, 4) is 0 Å². The molecule has 0 aliphatic rings. The molecule has 1 aromatic heterocycles. The van der Waals surface area contributed by atoms with Gasteiger partial charge in [0.1, 0.15) is 5.82 Å². The Balaban J connectivity index is 2.32. The zero-order valence-electron chi connectivity index (χ0n) is 10.2. The minimum Gasteiger partial charge on any atom is -0.391 e. The fourth-order valence-corrected chi connectivity index (χ4v) is 1.53. The lowest BCUT2D eigenvalue weighted by Gasteiger charge is -2.15. The Hall–Kier alpha value is -1.04. The number of ether oxygens (including phenoxy) is 1. The quantitative estimate of drug-likeness (QED) is 0.756.